The van der Waals surface area contributed by atoms with Gasteiger partial charge < -0.3 is 5.32 Å². The number of rotatable bonds is 0. The predicted molar refractivity (Wildman–Crippen MR) is 73.9 cm³/mol. The second-order valence-corrected chi connectivity index (χ2v) is 6.33. The molecular weight excluding hydrogens is 220 g/mol. The number of hydrogen-bond acceptors (Lipinski definition) is 2. The van der Waals surface area contributed by atoms with E-state index in [-0.39, 0.29) is 0 Å². The lowest BCUT2D eigenvalue weighted by Gasteiger charge is -2.45. The number of aliphatic imine (C=N–C) groups is 1. The van der Waals surface area contributed by atoms with Crippen molar-refractivity contribution >= 4 is 6.34 Å². The number of nitrogens with one attached hydrogen (secondary N) is 1. The maximum absolute atomic E-state index is 4.41. The summed E-state index contributed by atoms with van der Waals surface area (Å²) in [5, 5.41) is 3.54. The van der Waals surface area contributed by atoms with Crippen molar-refractivity contribution in [2.24, 2.45) is 16.8 Å². The molecule has 1 N–H and O–H groups in total. The molecule has 1 aliphatic heterocycles. The van der Waals surface area contributed by atoms with E-state index in [2.05, 4.69) is 34.6 Å². The molecule has 0 aromatic heterocycles. The number of nitrogens with zero attached hydrogens (tertiary/aromatic N) is 1. The van der Waals surface area contributed by atoms with Gasteiger partial charge in [0, 0.05) is 0 Å². The van der Waals surface area contributed by atoms with Crippen LogP contribution in [0.4, 0.5) is 0 Å². The summed E-state index contributed by atoms with van der Waals surface area (Å²) in [6, 6.07) is 9.03. The Morgan fingerprint density at radius 3 is 2.61 bits per heavy atom. The van der Waals surface area contributed by atoms with Gasteiger partial charge in [0.15, 0.2) is 0 Å². The molecule has 0 saturated heterocycles. The van der Waals surface area contributed by atoms with E-state index in [1.165, 1.54) is 32.1 Å². The zero-order chi connectivity index (χ0) is 12.0. The van der Waals surface area contributed by atoms with E-state index in [1.54, 1.807) is 11.1 Å². The molecule has 18 heavy (non-hydrogen) atoms. The molecule has 1 heterocycles. The molecule has 0 amide bonds. The van der Waals surface area contributed by atoms with Gasteiger partial charge in [0.1, 0.15) is 0 Å². The van der Waals surface area contributed by atoms with Gasteiger partial charge in [0.05, 0.1) is 18.4 Å². The monoisotopic (exact) mass is 240 g/mol. The van der Waals surface area contributed by atoms with E-state index in [0.29, 0.717) is 5.54 Å². The molecule has 94 valence electrons. The molecule has 1 saturated carbocycles. The molecular formula is C16H20N2. The summed E-state index contributed by atoms with van der Waals surface area (Å²) in [7, 11) is 0. The SMILES string of the molecule is C1=NC[C@@]2(CC[C@@H]3Cc4ccccc4C[C@H]3C2)N1. The van der Waals surface area contributed by atoms with Gasteiger partial charge in [0.2, 0.25) is 0 Å². The maximum Gasteiger partial charge on any atom is 0.0829 e. The second-order valence-electron chi connectivity index (χ2n) is 6.33. The summed E-state index contributed by atoms with van der Waals surface area (Å²) in [4.78, 5) is 4.41. The first-order chi connectivity index (χ1) is 8.85. The molecule has 2 aliphatic carbocycles. The van der Waals surface area contributed by atoms with E-state index in [0.717, 1.165) is 18.4 Å². The van der Waals surface area contributed by atoms with Gasteiger partial charge in [-0.25, -0.2) is 0 Å². The third kappa shape index (κ3) is 1.58. The largest absolute Gasteiger partial charge is 0.369 e. The fraction of sp³-hybridized carbons (Fsp3) is 0.562. The standard InChI is InChI=1S/C16H20N2/c1-2-4-13-8-15-9-16(10-17-11-18-16)6-5-14(15)7-12(13)3-1/h1-4,11,14-15H,5-10H2,(H,17,18)/t14-,15+,16+/m1/s1. The molecule has 2 nitrogen and oxygen atoms in total. The minimum absolute atomic E-state index is 0.313. The van der Waals surface area contributed by atoms with Crippen LogP contribution in [0.25, 0.3) is 0 Å². The molecule has 0 bridgehead atoms. The van der Waals surface area contributed by atoms with Crippen LogP contribution >= 0.6 is 0 Å². The molecule has 0 unspecified atom stereocenters. The summed E-state index contributed by atoms with van der Waals surface area (Å²) in [5.41, 5.74) is 3.51. The van der Waals surface area contributed by atoms with Gasteiger partial charge >= 0.3 is 0 Å². The third-order valence-corrected chi connectivity index (χ3v) is 5.25. The van der Waals surface area contributed by atoms with Crippen molar-refractivity contribution in [2.75, 3.05) is 6.54 Å². The zero-order valence-corrected chi connectivity index (χ0v) is 10.7. The Bertz CT molecular complexity index is 484. The highest BCUT2D eigenvalue weighted by Gasteiger charge is 2.43. The quantitative estimate of drug-likeness (QED) is 0.740. The summed E-state index contributed by atoms with van der Waals surface area (Å²) < 4.78 is 0. The Labute approximate surface area is 109 Å². The van der Waals surface area contributed by atoms with Gasteiger partial charge in [0.25, 0.3) is 0 Å². The van der Waals surface area contributed by atoms with Gasteiger partial charge in [-0.2, -0.15) is 0 Å². The number of benzene rings is 1. The van der Waals surface area contributed by atoms with Crippen LogP contribution in [0.2, 0.25) is 0 Å². The van der Waals surface area contributed by atoms with Gasteiger partial charge in [-0.1, -0.05) is 24.3 Å². The summed E-state index contributed by atoms with van der Waals surface area (Å²) in [6.45, 7) is 0.998. The van der Waals surface area contributed by atoms with Crippen LogP contribution in [-0.2, 0) is 12.8 Å². The van der Waals surface area contributed by atoms with Crippen molar-refractivity contribution in [3.63, 3.8) is 0 Å². The van der Waals surface area contributed by atoms with Crippen LogP contribution in [0.1, 0.15) is 30.4 Å². The Balaban J connectivity index is 1.59. The molecule has 1 spiro atoms. The van der Waals surface area contributed by atoms with Crippen LogP contribution in [-0.4, -0.2) is 18.4 Å². The Kier molecular flexibility index (Phi) is 2.26. The molecule has 3 atom stereocenters. The molecule has 1 aromatic carbocycles. The first-order valence-corrected chi connectivity index (χ1v) is 7.17. The van der Waals surface area contributed by atoms with Crippen LogP contribution in [0.3, 0.4) is 0 Å². The fourth-order valence-corrected chi connectivity index (χ4v) is 4.22. The van der Waals surface area contributed by atoms with Crippen molar-refractivity contribution in [2.45, 2.75) is 37.6 Å². The van der Waals surface area contributed by atoms with E-state index in [4.69, 9.17) is 0 Å². The average Bonchev–Trinajstić information content (AvgIpc) is 2.85. The lowest BCUT2D eigenvalue weighted by Crippen LogP contribution is -2.50. The molecule has 2 heteroatoms. The van der Waals surface area contributed by atoms with Crippen LogP contribution in [0, 0.1) is 11.8 Å². The van der Waals surface area contributed by atoms with Gasteiger partial charge in [-0.05, 0) is 55.1 Å². The third-order valence-electron chi connectivity index (χ3n) is 5.25. The number of hydrogen-bond donors (Lipinski definition) is 1. The van der Waals surface area contributed by atoms with Crippen molar-refractivity contribution in [3.05, 3.63) is 35.4 Å². The van der Waals surface area contributed by atoms with Crippen LogP contribution in [0.5, 0.6) is 0 Å². The highest BCUT2D eigenvalue weighted by molar-refractivity contribution is 5.59. The number of fused-ring (bicyclic) bond motifs is 2. The topological polar surface area (TPSA) is 24.4 Å². The van der Waals surface area contributed by atoms with Gasteiger partial charge in [-0.15, -0.1) is 0 Å². The Hall–Kier alpha value is -1.31. The van der Waals surface area contributed by atoms with E-state index >= 15 is 0 Å². The van der Waals surface area contributed by atoms with Crippen molar-refractivity contribution in [1.29, 1.82) is 0 Å². The van der Waals surface area contributed by atoms with Crippen molar-refractivity contribution in [3.8, 4) is 0 Å². The van der Waals surface area contributed by atoms with E-state index in [1.807, 2.05) is 6.34 Å². The highest BCUT2D eigenvalue weighted by Crippen LogP contribution is 2.44. The molecule has 3 aliphatic rings. The minimum atomic E-state index is 0.313. The first-order valence-electron chi connectivity index (χ1n) is 7.17. The van der Waals surface area contributed by atoms with Crippen molar-refractivity contribution in [1.82, 2.24) is 5.32 Å². The van der Waals surface area contributed by atoms with Crippen LogP contribution in [0.15, 0.2) is 29.3 Å². The lowest BCUT2D eigenvalue weighted by atomic mass is 9.63. The van der Waals surface area contributed by atoms with E-state index < -0.39 is 0 Å². The summed E-state index contributed by atoms with van der Waals surface area (Å²) >= 11 is 0. The Morgan fingerprint density at radius 2 is 1.89 bits per heavy atom. The molecule has 1 fully saturated rings. The molecule has 1 aromatic rings. The van der Waals surface area contributed by atoms with Gasteiger partial charge in [-0.3, -0.25) is 4.99 Å². The maximum atomic E-state index is 4.41. The predicted octanol–water partition coefficient (Wildman–Crippen LogP) is 2.57. The molecule has 4 rings (SSSR count). The summed E-state index contributed by atoms with van der Waals surface area (Å²) in [6.07, 6.45) is 8.50. The minimum Gasteiger partial charge on any atom is -0.369 e. The fourth-order valence-electron chi connectivity index (χ4n) is 4.22. The smallest absolute Gasteiger partial charge is 0.0829 e. The summed E-state index contributed by atoms with van der Waals surface area (Å²) in [5.74, 6) is 1.77. The highest BCUT2D eigenvalue weighted by atomic mass is 15.1. The first kappa shape index (κ1) is 10.6. The normalized spacial score (nSPS) is 37.1. The van der Waals surface area contributed by atoms with Crippen molar-refractivity contribution < 1.29 is 0 Å². The Morgan fingerprint density at radius 1 is 1.11 bits per heavy atom. The lowest BCUT2D eigenvalue weighted by molar-refractivity contribution is 0.140. The van der Waals surface area contributed by atoms with E-state index in [9.17, 15) is 0 Å². The molecule has 0 radical (unpaired) electrons. The average molecular weight is 240 g/mol. The second kappa shape index (κ2) is 3.84. The zero-order valence-electron chi connectivity index (χ0n) is 10.7. The van der Waals surface area contributed by atoms with Crippen LogP contribution < -0.4 is 5.32 Å².